The minimum Gasteiger partial charge on any atom is -0.387 e. The maximum absolute atomic E-state index is 13.8. The molecule has 4 nitrogen and oxygen atoms in total. The van der Waals surface area contributed by atoms with Crippen molar-refractivity contribution in [2.24, 2.45) is 0 Å². The molecular weight excluding hydrogens is 305 g/mol. The number of piperazine rings is 1. The van der Waals surface area contributed by atoms with Crippen LogP contribution in [0, 0.1) is 5.82 Å². The SMILES string of the molecule is CN1CCCCC1CN1CCN(CC(O)c2ccccc2F)CC1. The summed E-state index contributed by atoms with van der Waals surface area (Å²) in [7, 11) is 2.24. The number of piperidine rings is 1. The van der Waals surface area contributed by atoms with Crippen LogP contribution in [-0.4, -0.2) is 78.7 Å². The number of likely N-dealkylation sites (N-methyl/N-ethyl adjacent to an activating group) is 1. The second-order valence-corrected chi connectivity index (χ2v) is 7.27. The van der Waals surface area contributed by atoms with E-state index >= 15 is 0 Å². The maximum Gasteiger partial charge on any atom is 0.129 e. The van der Waals surface area contributed by atoms with E-state index in [9.17, 15) is 9.50 Å². The van der Waals surface area contributed by atoms with E-state index in [-0.39, 0.29) is 5.82 Å². The number of benzene rings is 1. The number of β-amino-alcohol motifs (C(OH)–C–C–N with tert-alkyl or cyclic N) is 1. The van der Waals surface area contributed by atoms with E-state index in [1.165, 1.54) is 31.9 Å². The Kier molecular flexibility index (Phi) is 6.22. The first-order chi connectivity index (χ1) is 11.6. The first-order valence-electron chi connectivity index (χ1n) is 9.21. The van der Waals surface area contributed by atoms with Gasteiger partial charge in [-0.3, -0.25) is 9.80 Å². The number of rotatable bonds is 5. The van der Waals surface area contributed by atoms with Crippen molar-refractivity contribution in [3.05, 3.63) is 35.6 Å². The first kappa shape index (κ1) is 17.8. The number of nitrogens with zero attached hydrogens (tertiary/aromatic N) is 3. The van der Waals surface area contributed by atoms with Gasteiger partial charge in [0.15, 0.2) is 0 Å². The van der Waals surface area contributed by atoms with Gasteiger partial charge in [0.1, 0.15) is 5.82 Å². The minimum absolute atomic E-state index is 0.316. The molecule has 0 radical (unpaired) electrons. The van der Waals surface area contributed by atoms with Crippen molar-refractivity contribution in [1.82, 2.24) is 14.7 Å². The molecule has 1 aromatic rings. The predicted molar refractivity (Wildman–Crippen MR) is 94.5 cm³/mol. The van der Waals surface area contributed by atoms with Crippen LogP contribution in [0.3, 0.4) is 0 Å². The highest BCUT2D eigenvalue weighted by molar-refractivity contribution is 5.20. The zero-order chi connectivity index (χ0) is 16.9. The summed E-state index contributed by atoms with van der Waals surface area (Å²) in [6.45, 7) is 6.85. The molecule has 24 heavy (non-hydrogen) atoms. The Morgan fingerprint density at radius 3 is 2.50 bits per heavy atom. The lowest BCUT2D eigenvalue weighted by Gasteiger charge is -2.40. The number of hydrogen-bond acceptors (Lipinski definition) is 4. The molecule has 2 aliphatic heterocycles. The highest BCUT2D eigenvalue weighted by Gasteiger charge is 2.25. The number of likely N-dealkylation sites (tertiary alicyclic amines) is 1. The molecule has 2 heterocycles. The van der Waals surface area contributed by atoms with E-state index < -0.39 is 6.10 Å². The lowest BCUT2D eigenvalue weighted by atomic mass is 10.0. The van der Waals surface area contributed by atoms with Gasteiger partial charge in [-0.2, -0.15) is 0 Å². The normalized spacial score (nSPS) is 25.7. The van der Waals surface area contributed by atoms with Crippen LogP contribution in [0.1, 0.15) is 30.9 Å². The Morgan fingerprint density at radius 1 is 1.08 bits per heavy atom. The first-order valence-corrected chi connectivity index (χ1v) is 9.21. The Balaban J connectivity index is 1.44. The number of halogens is 1. The van der Waals surface area contributed by atoms with Gasteiger partial charge >= 0.3 is 0 Å². The molecule has 0 aliphatic carbocycles. The Labute approximate surface area is 144 Å². The van der Waals surface area contributed by atoms with Crippen LogP contribution in [0.25, 0.3) is 0 Å². The Bertz CT molecular complexity index is 519. The number of hydrogen-bond donors (Lipinski definition) is 1. The van der Waals surface area contributed by atoms with Gasteiger partial charge in [0, 0.05) is 50.9 Å². The summed E-state index contributed by atoms with van der Waals surface area (Å²) in [5.41, 5.74) is 0.406. The van der Waals surface area contributed by atoms with E-state index in [1.807, 2.05) is 0 Å². The third-order valence-electron chi connectivity index (χ3n) is 5.55. The fraction of sp³-hybridized carbons (Fsp3) is 0.684. The lowest BCUT2D eigenvalue weighted by molar-refractivity contribution is 0.0542. The highest BCUT2D eigenvalue weighted by Crippen LogP contribution is 2.20. The van der Waals surface area contributed by atoms with Crippen molar-refractivity contribution < 1.29 is 9.50 Å². The van der Waals surface area contributed by atoms with Gasteiger partial charge in [-0.1, -0.05) is 24.6 Å². The van der Waals surface area contributed by atoms with Crippen LogP contribution in [0.5, 0.6) is 0 Å². The molecule has 0 bridgehead atoms. The largest absolute Gasteiger partial charge is 0.387 e. The summed E-state index contributed by atoms with van der Waals surface area (Å²) in [5, 5.41) is 10.3. The smallest absolute Gasteiger partial charge is 0.129 e. The van der Waals surface area contributed by atoms with Crippen LogP contribution in [-0.2, 0) is 0 Å². The molecule has 2 aliphatic rings. The fourth-order valence-electron chi connectivity index (χ4n) is 3.92. The van der Waals surface area contributed by atoms with Crippen molar-refractivity contribution >= 4 is 0 Å². The van der Waals surface area contributed by atoms with Crippen LogP contribution < -0.4 is 0 Å². The quantitative estimate of drug-likeness (QED) is 0.891. The average molecular weight is 335 g/mol. The van der Waals surface area contributed by atoms with E-state index in [4.69, 9.17) is 0 Å². The molecule has 2 atom stereocenters. The van der Waals surface area contributed by atoms with Gasteiger partial charge in [-0.15, -0.1) is 0 Å². The highest BCUT2D eigenvalue weighted by atomic mass is 19.1. The monoisotopic (exact) mass is 335 g/mol. The van der Waals surface area contributed by atoms with Crippen molar-refractivity contribution in [3.8, 4) is 0 Å². The minimum atomic E-state index is -0.748. The topological polar surface area (TPSA) is 30.0 Å². The molecule has 0 amide bonds. The predicted octanol–water partition coefficient (Wildman–Crippen LogP) is 1.96. The molecule has 1 N–H and O–H groups in total. The molecule has 0 saturated carbocycles. The molecule has 1 aromatic carbocycles. The molecule has 0 spiro atoms. The van der Waals surface area contributed by atoms with Crippen molar-refractivity contribution in [1.29, 1.82) is 0 Å². The van der Waals surface area contributed by atoms with Crippen LogP contribution in [0.2, 0.25) is 0 Å². The summed E-state index contributed by atoms with van der Waals surface area (Å²) in [5.74, 6) is -0.316. The Morgan fingerprint density at radius 2 is 1.79 bits per heavy atom. The number of aliphatic hydroxyl groups excluding tert-OH is 1. The average Bonchev–Trinajstić information content (AvgIpc) is 2.59. The summed E-state index contributed by atoms with van der Waals surface area (Å²) < 4.78 is 13.8. The summed E-state index contributed by atoms with van der Waals surface area (Å²) >= 11 is 0. The lowest BCUT2D eigenvalue weighted by Crippen LogP contribution is -2.52. The summed E-state index contributed by atoms with van der Waals surface area (Å²) in [6.07, 6.45) is 3.24. The Hall–Kier alpha value is -1.01. The van der Waals surface area contributed by atoms with Crippen LogP contribution in [0.15, 0.2) is 24.3 Å². The fourth-order valence-corrected chi connectivity index (χ4v) is 3.92. The summed E-state index contributed by atoms with van der Waals surface area (Å²) in [4.78, 5) is 7.29. The third-order valence-corrected chi connectivity index (χ3v) is 5.55. The third kappa shape index (κ3) is 4.54. The van der Waals surface area contributed by atoms with E-state index in [1.54, 1.807) is 18.2 Å². The van der Waals surface area contributed by atoms with Gasteiger partial charge in [0.05, 0.1) is 6.10 Å². The molecule has 5 heteroatoms. The molecule has 3 rings (SSSR count). The maximum atomic E-state index is 13.8. The molecule has 2 fully saturated rings. The summed E-state index contributed by atoms with van der Waals surface area (Å²) in [6, 6.07) is 7.22. The van der Waals surface area contributed by atoms with Gasteiger partial charge in [-0.05, 0) is 32.5 Å². The van der Waals surface area contributed by atoms with E-state index in [2.05, 4.69) is 21.7 Å². The molecular formula is C19H30FN3O. The zero-order valence-electron chi connectivity index (χ0n) is 14.7. The molecule has 2 saturated heterocycles. The van der Waals surface area contributed by atoms with Gasteiger partial charge in [0.2, 0.25) is 0 Å². The molecule has 134 valence electrons. The van der Waals surface area contributed by atoms with Crippen molar-refractivity contribution in [2.75, 3.05) is 52.9 Å². The van der Waals surface area contributed by atoms with E-state index in [0.29, 0.717) is 18.2 Å². The second kappa shape index (κ2) is 8.39. The van der Waals surface area contributed by atoms with Crippen LogP contribution >= 0.6 is 0 Å². The number of aliphatic hydroxyl groups is 1. The van der Waals surface area contributed by atoms with Gasteiger partial charge in [-0.25, -0.2) is 4.39 Å². The standard InChI is InChI=1S/C19H30FN3O/c1-21-9-5-4-6-16(21)14-22-10-12-23(13-11-22)15-19(24)17-7-2-3-8-18(17)20/h2-3,7-8,16,19,24H,4-6,9-15H2,1H3. The van der Waals surface area contributed by atoms with E-state index in [0.717, 1.165) is 32.7 Å². The second-order valence-electron chi connectivity index (χ2n) is 7.27. The molecule has 2 unspecified atom stereocenters. The van der Waals surface area contributed by atoms with Crippen molar-refractivity contribution in [2.45, 2.75) is 31.4 Å². The van der Waals surface area contributed by atoms with Gasteiger partial charge < -0.3 is 10.0 Å². The van der Waals surface area contributed by atoms with Gasteiger partial charge in [0.25, 0.3) is 0 Å². The van der Waals surface area contributed by atoms with Crippen molar-refractivity contribution in [3.63, 3.8) is 0 Å². The molecule has 0 aromatic heterocycles. The van der Waals surface area contributed by atoms with Crippen LogP contribution in [0.4, 0.5) is 4.39 Å². The zero-order valence-corrected chi connectivity index (χ0v) is 14.7.